The van der Waals surface area contributed by atoms with Gasteiger partial charge in [0.05, 0.1) is 17.2 Å². The third-order valence-electron chi connectivity index (χ3n) is 6.03. The van der Waals surface area contributed by atoms with Gasteiger partial charge in [0.2, 0.25) is 11.8 Å². The molecular formula is C29H34ClN3O5S. The first kappa shape index (κ1) is 30.0. The molecule has 0 bridgehead atoms. The highest BCUT2D eigenvalue weighted by molar-refractivity contribution is 7.92. The molecule has 0 aliphatic heterocycles. The van der Waals surface area contributed by atoms with Crippen LogP contribution in [0.2, 0.25) is 5.02 Å². The number of hydrogen-bond acceptors (Lipinski definition) is 5. The van der Waals surface area contributed by atoms with Gasteiger partial charge in [0.25, 0.3) is 10.0 Å². The van der Waals surface area contributed by atoms with E-state index in [1.165, 1.54) is 17.0 Å². The van der Waals surface area contributed by atoms with Gasteiger partial charge >= 0.3 is 0 Å². The van der Waals surface area contributed by atoms with Gasteiger partial charge in [-0.3, -0.25) is 13.9 Å². The lowest BCUT2D eigenvalue weighted by molar-refractivity contribution is -0.139. The fourth-order valence-corrected chi connectivity index (χ4v) is 5.43. The second-order valence-corrected chi connectivity index (χ2v) is 11.2. The minimum absolute atomic E-state index is 0.0144. The second kappa shape index (κ2) is 14.0. The zero-order valence-corrected chi connectivity index (χ0v) is 23.9. The number of amides is 2. The molecule has 39 heavy (non-hydrogen) atoms. The van der Waals surface area contributed by atoms with Gasteiger partial charge in [-0.25, -0.2) is 8.42 Å². The van der Waals surface area contributed by atoms with Gasteiger partial charge < -0.3 is 15.0 Å². The Balaban J connectivity index is 1.97. The summed E-state index contributed by atoms with van der Waals surface area (Å²) >= 11 is 6.03. The van der Waals surface area contributed by atoms with E-state index in [2.05, 4.69) is 5.32 Å². The van der Waals surface area contributed by atoms with E-state index in [4.69, 9.17) is 16.3 Å². The Morgan fingerprint density at radius 3 is 2.18 bits per heavy atom. The molecule has 8 nitrogen and oxygen atoms in total. The third kappa shape index (κ3) is 7.97. The molecule has 0 aliphatic carbocycles. The van der Waals surface area contributed by atoms with Crippen molar-refractivity contribution in [1.29, 1.82) is 0 Å². The van der Waals surface area contributed by atoms with Crippen molar-refractivity contribution in [2.45, 2.75) is 44.7 Å². The number of para-hydroxylation sites is 1. The molecule has 1 N–H and O–H groups in total. The molecule has 0 heterocycles. The van der Waals surface area contributed by atoms with Crippen molar-refractivity contribution < 1.29 is 22.7 Å². The van der Waals surface area contributed by atoms with Crippen LogP contribution < -0.4 is 14.4 Å². The van der Waals surface area contributed by atoms with Crippen molar-refractivity contribution in [1.82, 2.24) is 10.2 Å². The molecule has 2 amide bonds. The van der Waals surface area contributed by atoms with Crippen molar-refractivity contribution in [3.05, 3.63) is 89.4 Å². The number of nitrogens with zero attached hydrogens (tertiary/aromatic N) is 2. The number of carbonyl (C=O) groups excluding carboxylic acids is 2. The molecule has 1 atom stereocenters. The van der Waals surface area contributed by atoms with Crippen molar-refractivity contribution in [3.63, 3.8) is 0 Å². The quantitative estimate of drug-likeness (QED) is 0.315. The number of hydrogen-bond donors (Lipinski definition) is 1. The molecule has 3 aromatic carbocycles. The van der Waals surface area contributed by atoms with Crippen LogP contribution in [0.25, 0.3) is 0 Å². The molecule has 1 unspecified atom stereocenters. The Morgan fingerprint density at radius 1 is 0.949 bits per heavy atom. The van der Waals surface area contributed by atoms with Gasteiger partial charge in [0.15, 0.2) is 0 Å². The predicted octanol–water partition coefficient (Wildman–Crippen LogP) is 4.88. The van der Waals surface area contributed by atoms with Gasteiger partial charge in [-0.05, 0) is 74.4 Å². The van der Waals surface area contributed by atoms with Gasteiger partial charge in [0.1, 0.15) is 18.3 Å². The highest BCUT2D eigenvalue weighted by Crippen LogP contribution is 2.26. The van der Waals surface area contributed by atoms with E-state index in [-0.39, 0.29) is 17.3 Å². The Hall–Kier alpha value is -3.56. The number of nitrogens with one attached hydrogen (secondary N) is 1. The maximum atomic E-state index is 13.8. The van der Waals surface area contributed by atoms with E-state index in [0.717, 1.165) is 16.3 Å². The lowest BCUT2D eigenvalue weighted by Crippen LogP contribution is -2.51. The highest BCUT2D eigenvalue weighted by Gasteiger charge is 2.32. The summed E-state index contributed by atoms with van der Waals surface area (Å²) < 4.78 is 34.1. The van der Waals surface area contributed by atoms with E-state index in [1.54, 1.807) is 73.7 Å². The number of sulfonamides is 1. The number of benzene rings is 3. The molecule has 0 spiro atoms. The van der Waals surface area contributed by atoms with Gasteiger partial charge in [-0.2, -0.15) is 0 Å². The third-order valence-corrected chi connectivity index (χ3v) is 8.07. The average molecular weight is 572 g/mol. The number of carbonyl (C=O) groups is 2. The zero-order chi connectivity index (χ0) is 28.4. The Kier molecular flexibility index (Phi) is 10.8. The predicted molar refractivity (Wildman–Crippen MR) is 153 cm³/mol. The van der Waals surface area contributed by atoms with Crippen LogP contribution >= 0.6 is 11.6 Å². The van der Waals surface area contributed by atoms with Crippen molar-refractivity contribution in [2.24, 2.45) is 0 Å². The first-order chi connectivity index (χ1) is 18.7. The van der Waals surface area contributed by atoms with Crippen LogP contribution in [0.3, 0.4) is 0 Å². The monoisotopic (exact) mass is 571 g/mol. The molecule has 3 rings (SSSR count). The van der Waals surface area contributed by atoms with Gasteiger partial charge in [0, 0.05) is 18.1 Å². The molecule has 10 heteroatoms. The normalized spacial score (nSPS) is 11.9. The highest BCUT2D eigenvalue weighted by atomic mass is 35.5. The van der Waals surface area contributed by atoms with Crippen LogP contribution in [0, 0.1) is 0 Å². The summed E-state index contributed by atoms with van der Waals surface area (Å²) in [6.07, 6.45) is 0.742. The number of halogens is 1. The van der Waals surface area contributed by atoms with E-state index >= 15 is 0 Å². The summed E-state index contributed by atoms with van der Waals surface area (Å²) in [7, 11) is -4.14. The minimum Gasteiger partial charge on any atom is -0.494 e. The molecule has 208 valence electrons. The standard InChI is InChI=1S/C29H34ClN3O5S/c1-4-19-31-29(35)22(3)32(20-23-11-13-24(30)14-12-23)28(34)21-33(25-9-7-6-8-10-25)39(36,37)27-17-15-26(16-18-27)38-5-2/h6-18,22H,4-5,19-21H2,1-3H3,(H,31,35). The largest absolute Gasteiger partial charge is 0.494 e. The lowest BCUT2D eigenvalue weighted by Gasteiger charge is -2.32. The summed E-state index contributed by atoms with van der Waals surface area (Å²) in [5, 5.41) is 3.36. The van der Waals surface area contributed by atoms with Crippen LogP contribution in [-0.2, 0) is 26.2 Å². The average Bonchev–Trinajstić information content (AvgIpc) is 2.94. The molecule has 0 saturated carbocycles. The molecular weight excluding hydrogens is 538 g/mol. The van der Waals surface area contributed by atoms with Crippen LogP contribution in [0.4, 0.5) is 5.69 Å². The summed E-state index contributed by atoms with van der Waals surface area (Å²) in [5.74, 6) is -0.304. The first-order valence-corrected chi connectivity index (χ1v) is 14.6. The Labute approximate surface area is 235 Å². The molecule has 0 fully saturated rings. The smallest absolute Gasteiger partial charge is 0.264 e. The summed E-state index contributed by atoms with van der Waals surface area (Å²) in [6.45, 7) is 5.92. The number of rotatable bonds is 13. The number of ether oxygens (including phenoxy) is 1. The van der Waals surface area contributed by atoms with Crippen LogP contribution in [0.1, 0.15) is 32.8 Å². The molecule has 0 aromatic heterocycles. The fourth-order valence-electron chi connectivity index (χ4n) is 3.89. The van der Waals surface area contributed by atoms with Crippen LogP contribution in [0.5, 0.6) is 5.75 Å². The number of anilines is 1. The first-order valence-electron chi connectivity index (χ1n) is 12.8. The van der Waals surface area contributed by atoms with E-state index in [0.29, 0.717) is 29.6 Å². The fraction of sp³-hybridized carbons (Fsp3) is 0.310. The Bertz CT molecular complexity index is 1330. The van der Waals surface area contributed by atoms with Crippen LogP contribution in [0.15, 0.2) is 83.8 Å². The molecule has 0 radical (unpaired) electrons. The van der Waals surface area contributed by atoms with E-state index in [1.807, 2.05) is 13.8 Å². The van der Waals surface area contributed by atoms with Crippen LogP contribution in [-0.4, -0.2) is 50.9 Å². The topological polar surface area (TPSA) is 96.0 Å². The molecule has 3 aromatic rings. The van der Waals surface area contributed by atoms with Gasteiger partial charge in [-0.1, -0.05) is 48.9 Å². The second-order valence-electron chi connectivity index (χ2n) is 8.87. The minimum atomic E-state index is -4.14. The van der Waals surface area contributed by atoms with Crippen molar-refractivity contribution in [2.75, 3.05) is 24.0 Å². The Morgan fingerprint density at radius 2 is 1.59 bits per heavy atom. The maximum absolute atomic E-state index is 13.8. The maximum Gasteiger partial charge on any atom is 0.264 e. The summed E-state index contributed by atoms with van der Waals surface area (Å²) in [6, 6.07) is 20.6. The van der Waals surface area contributed by atoms with Crippen molar-refractivity contribution >= 4 is 39.1 Å². The van der Waals surface area contributed by atoms with Crippen molar-refractivity contribution in [3.8, 4) is 5.75 Å². The molecule has 0 aliphatic rings. The van der Waals surface area contributed by atoms with E-state index in [9.17, 15) is 18.0 Å². The molecule has 0 saturated heterocycles. The zero-order valence-electron chi connectivity index (χ0n) is 22.3. The van der Waals surface area contributed by atoms with Gasteiger partial charge in [-0.15, -0.1) is 0 Å². The summed E-state index contributed by atoms with van der Waals surface area (Å²) in [4.78, 5) is 28.1. The van der Waals surface area contributed by atoms with E-state index < -0.39 is 28.5 Å². The summed E-state index contributed by atoms with van der Waals surface area (Å²) in [5.41, 5.74) is 1.08. The lowest BCUT2D eigenvalue weighted by atomic mass is 10.1. The SMILES string of the molecule is CCCNC(=O)C(C)N(Cc1ccc(Cl)cc1)C(=O)CN(c1ccccc1)S(=O)(=O)c1ccc(OCC)cc1.